The minimum atomic E-state index is -0.434. The third-order valence-electron chi connectivity index (χ3n) is 2.27. The summed E-state index contributed by atoms with van der Waals surface area (Å²) in [7, 11) is 0. The van der Waals surface area contributed by atoms with Gasteiger partial charge in [0.25, 0.3) is 0 Å². The number of nitrogens with zero attached hydrogens (tertiary/aromatic N) is 2. The van der Waals surface area contributed by atoms with Crippen LogP contribution in [0.5, 0.6) is 0 Å². The Bertz CT molecular complexity index is 415. The number of amides is 2. The van der Waals surface area contributed by atoms with Crippen LogP contribution in [0, 0.1) is 6.92 Å². The second kappa shape index (κ2) is 4.40. The summed E-state index contributed by atoms with van der Waals surface area (Å²) >= 11 is 0. The molecule has 1 fully saturated rings. The maximum atomic E-state index is 11.2. The lowest BCUT2D eigenvalue weighted by molar-refractivity contribution is -0.125. The summed E-state index contributed by atoms with van der Waals surface area (Å²) < 4.78 is 4.91. The van der Waals surface area contributed by atoms with Crippen LogP contribution in [0.3, 0.4) is 0 Å². The molecule has 1 aliphatic heterocycles. The van der Waals surface area contributed by atoms with E-state index in [1.807, 2.05) is 0 Å². The van der Waals surface area contributed by atoms with Crippen molar-refractivity contribution >= 4 is 11.8 Å². The number of imide groups is 1. The summed E-state index contributed by atoms with van der Waals surface area (Å²) in [6.07, 6.45) is 0.737. The molecule has 1 saturated heterocycles. The average Bonchev–Trinajstić information content (AvgIpc) is 2.74. The summed E-state index contributed by atoms with van der Waals surface area (Å²) in [5.41, 5.74) is 0. The number of aromatic nitrogens is 2. The van der Waals surface area contributed by atoms with Crippen LogP contribution < -0.4 is 10.6 Å². The van der Waals surface area contributed by atoms with Gasteiger partial charge < -0.3 is 9.84 Å². The van der Waals surface area contributed by atoms with Gasteiger partial charge >= 0.3 is 0 Å². The van der Waals surface area contributed by atoms with Gasteiger partial charge in [0.15, 0.2) is 5.82 Å². The number of nitrogens with one attached hydrogen (secondary N) is 2. The average molecular weight is 224 g/mol. The fourth-order valence-electron chi connectivity index (χ4n) is 1.51. The molecule has 1 aromatic heterocycles. The van der Waals surface area contributed by atoms with Crippen molar-refractivity contribution in [2.45, 2.75) is 25.8 Å². The number of carbonyl (C=O) groups is 2. The molecule has 1 aromatic rings. The van der Waals surface area contributed by atoms with Gasteiger partial charge in [0.1, 0.15) is 0 Å². The molecule has 2 N–H and O–H groups in total. The highest BCUT2D eigenvalue weighted by Gasteiger charge is 2.29. The lowest BCUT2D eigenvalue weighted by atomic mass is 10.2. The van der Waals surface area contributed by atoms with E-state index in [2.05, 4.69) is 20.8 Å². The Balaban J connectivity index is 1.76. The molecule has 1 atom stereocenters. The zero-order valence-corrected chi connectivity index (χ0v) is 8.82. The molecule has 86 valence electrons. The van der Waals surface area contributed by atoms with Crippen LogP contribution in [-0.4, -0.2) is 34.5 Å². The van der Waals surface area contributed by atoms with Gasteiger partial charge in [-0.3, -0.25) is 14.9 Å². The van der Waals surface area contributed by atoms with E-state index in [1.165, 1.54) is 0 Å². The van der Waals surface area contributed by atoms with E-state index in [1.54, 1.807) is 6.92 Å². The smallest absolute Gasteiger partial charge is 0.244 e. The molecule has 0 radical (unpaired) electrons. The maximum absolute atomic E-state index is 11.2. The van der Waals surface area contributed by atoms with Gasteiger partial charge in [0, 0.05) is 13.0 Å². The molecule has 2 heterocycles. The monoisotopic (exact) mass is 224 g/mol. The van der Waals surface area contributed by atoms with E-state index in [0.29, 0.717) is 24.7 Å². The van der Waals surface area contributed by atoms with E-state index in [4.69, 9.17) is 4.52 Å². The number of hydrogen-bond acceptors (Lipinski definition) is 6. The first-order chi connectivity index (χ1) is 7.65. The third kappa shape index (κ3) is 2.43. The van der Waals surface area contributed by atoms with E-state index >= 15 is 0 Å². The SMILES string of the molecule is Cc1noc(CCNC2CC(=O)NC2=O)n1. The van der Waals surface area contributed by atoms with Crippen molar-refractivity contribution < 1.29 is 14.1 Å². The molecule has 0 aliphatic carbocycles. The molecular formula is C9H12N4O3. The molecule has 2 amide bonds. The van der Waals surface area contributed by atoms with E-state index in [0.717, 1.165) is 0 Å². The largest absolute Gasteiger partial charge is 0.339 e. The highest BCUT2D eigenvalue weighted by Crippen LogP contribution is 2.02. The Kier molecular flexibility index (Phi) is 2.95. The van der Waals surface area contributed by atoms with Gasteiger partial charge in [-0.05, 0) is 6.92 Å². The molecule has 1 aliphatic rings. The van der Waals surface area contributed by atoms with Crippen LogP contribution in [0.4, 0.5) is 0 Å². The standard InChI is InChI=1S/C9H12N4O3/c1-5-11-8(16-13-5)2-3-10-6-4-7(14)12-9(6)15/h6,10H,2-4H2,1H3,(H,12,14,15). The van der Waals surface area contributed by atoms with Crippen molar-refractivity contribution in [3.63, 3.8) is 0 Å². The van der Waals surface area contributed by atoms with Gasteiger partial charge in [0.05, 0.1) is 12.5 Å². The quantitative estimate of drug-likeness (QED) is 0.632. The Labute approximate surface area is 91.6 Å². The molecule has 2 rings (SSSR count). The van der Waals surface area contributed by atoms with Gasteiger partial charge in [-0.25, -0.2) is 0 Å². The molecule has 0 aromatic carbocycles. The normalized spacial score (nSPS) is 20.2. The Morgan fingerprint density at radius 1 is 1.56 bits per heavy atom. The van der Waals surface area contributed by atoms with Crippen molar-refractivity contribution in [2.24, 2.45) is 0 Å². The van der Waals surface area contributed by atoms with Crippen molar-refractivity contribution in [1.82, 2.24) is 20.8 Å². The number of hydrogen-bond donors (Lipinski definition) is 2. The molecule has 16 heavy (non-hydrogen) atoms. The van der Waals surface area contributed by atoms with E-state index in [-0.39, 0.29) is 18.2 Å². The molecule has 0 bridgehead atoms. The molecule has 1 unspecified atom stereocenters. The maximum Gasteiger partial charge on any atom is 0.244 e. The second-order valence-electron chi connectivity index (χ2n) is 3.61. The van der Waals surface area contributed by atoms with Gasteiger partial charge in [-0.1, -0.05) is 5.16 Å². The minimum Gasteiger partial charge on any atom is -0.339 e. The highest BCUT2D eigenvalue weighted by atomic mass is 16.5. The minimum absolute atomic E-state index is 0.196. The predicted octanol–water partition coefficient (Wildman–Crippen LogP) is -1.07. The number of carbonyl (C=O) groups excluding carboxylic acids is 2. The fraction of sp³-hybridized carbons (Fsp3) is 0.556. The van der Waals surface area contributed by atoms with Crippen LogP contribution in [0.15, 0.2) is 4.52 Å². The Morgan fingerprint density at radius 2 is 2.38 bits per heavy atom. The summed E-state index contributed by atoms with van der Waals surface area (Å²) in [4.78, 5) is 26.1. The highest BCUT2D eigenvalue weighted by molar-refractivity contribution is 6.05. The van der Waals surface area contributed by atoms with Crippen LogP contribution in [0.2, 0.25) is 0 Å². The summed E-state index contributed by atoms with van der Waals surface area (Å²) in [5, 5.41) is 8.83. The summed E-state index contributed by atoms with van der Waals surface area (Å²) in [6.45, 7) is 2.26. The van der Waals surface area contributed by atoms with Crippen molar-refractivity contribution in [3.05, 3.63) is 11.7 Å². The molecule has 0 saturated carbocycles. The second-order valence-corrected chi connectivity index (χ2v) is 3.61. The van der Waals surface area contributed by atoms with E-state index in [9.17, 15) is 9.59 Å². The first kappa shape index (κ1) is 10.7. The lowest BCUT2D eigenvalue weighted by Crippen LogP contribution is -2.37. The molecule has 0 spiro atoms. The van der Waals surface area contributed by atoms with Crippen molar-refractivity contribution in [1.29, 1.82) is 0 Å². The fourth-order valence-corrected chi connectivity index (χ4v) is 1.51. The zero-order chi connectivity index (χ0) is 11.5. The van der Waals surface area contributed by atoms with Crippen LogP contribution in [-0.2, 0) is 16.0 Å². The first-order valence-electron chi connectivity index (χ1n) is 5.01. The lowest BCUT2D eigenvalue weighted by Gasteiger charge is -2.06. The summed E-state index contributed by atoms with van der Waals surface area (Å²) in [5.74, 6) is 0.598. The number of rotatable bonds is 4. The topological polar surface area (TPSA) is 97.1 Å². The van der Waals surface area contributed by atoms with Crippen molar-refractivity contribution in [3.8, 4) is 0 Å². The first-order valence-corrected chi connectivity index (χ1v) is 5.01. The zero-order valence-electron chi connectivity index (χ0n) is 8.82. The van der Waals surface area contributed by atoms with Gasteiger partial charge in [0.2, 0.25) is 17.7 Å². The Morgan fingerprint density at radius 3 is 2.94 bits per heavy atom. The van der Waals surface area contributed by atoms with Crippen molar-refractivity contribution in [2.75, 3.05) is 6.54 Å². The molecule has 7 heteroatoms. The van der Waals surface area contributed by atoms with Crippen LogP contribution in [0.1, 0.15) is 18.1 Å². The van der Waals surface area contributed by atoms with Gasteiger partial charge in [-0.15, -0.1) is 0 Å². The van der Waals surface area contributed by atoms with Gasteiger partial charge in [-0.2, -0.15) is 4.98 Å². The number of aryl methyl sites for hydroxylation is 1. The molecule has 7 nitrogen and oxygen atoms in total. The van der Waals surface area contributed by atoms with E-state index < -0.39 is 6.04 Å². The van der Waals surface area contributed by atoms with Crippen LogP contribution in [0.25, 0.3) is 0 Å². The summed E-state index contributed by atoms with van der Waals surface area (Å²) in [6, 6.07) is -0.434. The predicted molar refractivity (Wildman–Crippen MR) is 52.3 cm³/mol. The third-order valence-corrected chi connectivity index (χ3v) is 2.27. The molecular weight excluding hydrogens is 212 g/mol. The Hall–Kier alpha value is -1.76. The van der Waals surface area contributed by atoms with Crippen LogP contribution >= 0.6 is 0 Å².